The first-order valence-corrected chi connectivity index (χ1v) is 7.02. The van der Waals surface area contributed by atoms with E-state index in [-0.39, 0.29) is 0 Å². The Balaban J connectivity index is 2.21. The molecule has 1 aliphatic rings. The summed E-state index contributed by atoms with van der Waals surface area (Å²) in [6, 6.07) is 0. The highest BCUT2D eigenvalue weighted by molar-refractivity contribution is 7.80. The van der Waals surface area contributed by atoms with Crippen molar-refractivity contribution in [1.82, 2.24) is 0 Å². The molecule has 0 unspecified atom stereocenters. The molecule has 0 saturated heterocycles. The third kappa shape index (κ3) is 5.74. The summed E-state index contributed by atoms with van der Waals surface area (Å²) in [4.78, 5) is 12.8. The van der Waals surface area contributed by atoms with Crippen molar-refractivity contribution in [3.05, 3.63) is 0 Å². The van der Waals surface area contributed by atoms with Gasteiger partial charge in [-0.2, -0.15) is 0 Å². The van der Waals surface area contributed by atoms with Gasteiger partial charge in [0, 0.05) is 17.7 Å². The molecular formula is C14H24OS. The number of thiocarbonyl (C=S) groups is 1. The van der Waals surface area contributed by atoms with Crippen molar-refractivity contribution in [3.8, 4) is 0 Å². The van der Waals surface area contributed by atoms with E-state index in [1.54, 1.807) is 0 Å². The fraction of sp³-hybridized carbons (Fsp3) is 0.857. The molecule has 0 spiro atoms. The predicted molar refractivity (Wildman–Crippen MR) is 72.9 cm³/mol. The zero-order valence-corrected chi connectivity index (χ0v) is 11.4. The average Bonchev–Trinajstić information content (AvgIpc) is 2.17. The molecule has 1 fully saturated rings. The predicted octanol–water partition coefficient (Wildman–Crippen LogP) is 4.33. The number of Topliss-reactive ketones (excluding diaryl/α,β-unsaturated/α-hetero) is 1. The van der Waals surface area contributed by atoms with E-state index in [1.807, 2.05) is 0 Å². The second kappa shape index (κ2) is 7.16. The highest BCUT2D eigenvalue weighted by Crippen LogP contribution is 2.26. The Hall–Kier alpha value is -0.240. The van der Waals surface area contributed by atoms with Gasteiger partial charge in [0.25, 0.3) is 0 Å². The lowest BCUT2D eigenvalue weighted by molar-refractivity contribution is -0.119. The fourth-order valence-corrected chi connectivity index (χ4v) is 3.03. The van der Waals surface area contributed by atoms with Crippen molar-refractivity contribution >= 4 is 22.9 Å². The van der Waals surface area contributed by atoms with Crippen LogP contribution >= 0.6 is 12.2 Å². The second-order valence-electron chi connectivity index (χ2n) is 5.56. The van der Waals surface area contributed by atoms with E-state index in [4.69, 9.17) is 12.2 Å². The summed E-state index contributed by atoms with van der Waals surface area (Å²) in [6.45, 7) is 4.30. The van der Waals surface area contributed by atoms with Crippen LogP contribution in [0.4, 0.5) is 0 Å². The topological polar surface area (TPSA) is 17.1 Å². The molecule has 0 heterocycles. The van der Waals surface area contributed by atoms with Crippen LogP contribution in [0.15, 0.2) is 0 Å². The van der Waals surface area contributed by atoms with Gasteiger partial charge in [-0.3, -0.25) is 4.79 Å². The zero-order chi connectivity index (χ0) is 12.0. The SMILES string of the molecule is CC(C)CC(=S)CC(=O)CC1CCCCC1. The number of hydrogen-bond acceptors (Lipinski definition) is 2. The van der Waals surface area contributed by atoms with Crippen LogP contribution in [0.1, 0.15) is 65.2 Å². The van der Waals surface area contributed by atoms with Crippen LogP contribution in [0.3, 0.4) is 0 Å². The molecule has 0 aromatic heterocycles. The minimum atomic E-state index is 0.373. The van der Waals surface area contributed by atoms with Crippen LogP contribution in [-0.4, -0.2) is 10.6 Å². The summed E-state index contributed by atoms with van der Waals surface area (Å²) >= 11 is 5.25. The van der Waals surface area contributed by atoms with Gasteiger partial charge in [0.1, 0.15) is 5.78 Å². The molecule has 0 bridgehead atoms. The van der Waals surface area contributed by atoms with Gasteiger partial charge in [0.05, 0.1) is 0 Å². The molecule has 2 heteroatoms. The summed E-state index contributed by atoms with van der Waals surface area (Å²) in [7, 11) is 0. The van der Waals surface area contributed by atoms with E-state index in [0.717, 1.165) is 17.7 Å². The first kappa shape index (κ1) is 13.8. The molecule has 1 aliphatic carbocycles. The minimum Gasteiger partial charge on any atom is -0.299 e. The third-order valence-electron chi connectivity index (χ3n) is 3.27. The molecule has 1 saturated carbocycles. The second-order valence-corrected chi connectivity index (χ2v) is 6.14. The Morgan fingerprint density at radius 1 is 1.25 bits per heavy atom. The van der Waals surface area contributed by atoms with Gasteiger partial charge in [-0.25, -0.2) is 0 Å². The van der Waals surface area contributed by atoms with Crippen molar-refractivity contribution in [2.45, 2.75) is 65.2 Å². The number of carbonyl (C=O) groups excluding carboxylic acids is 1. The van der Waals surface area contributed by atoms with Crippen LogP contribution in [-0.2, 0) is 4.79 Å². The van der Waals surface area contributed by atoms with Crippen LogP contribution in [0.5, 0.6) is 0 Å². The van der Waals surface area contributed by atoms with Crippen molar-refractivity contribution < 1.29 is 4.79 Å². The van der Waals surface area contributed by atoms with Crippen LogP contribution in [0, 0.1) is 11.8 Å². The molecule has 0 aliphatic heterocycles. The monoisotopic (exact) mass is 240 g/mol. The molecule has 0 N–H and O–H groups in total. The molecule has 0 amide bonds. The van der Waals surface area contributed by atoms with E-state index in [1.165, 1.54) is 32.1 Å². The van der Waals surface area contributed by atoms with E-state index < -0.39 is 0 Å². The normalized spacial score (nSPS) is 17.7. The maximum Gasteiger partial charge on any atom is 0.138 e. The maximum atomic E-state index is 11.8. The Morgan fingerprint density at radius 2 is 1.88 bits per heavy atom. The molecule has 1 nitrogen and oxygen atoms in total. The van der Waals surface area contributed by atoms with E-state index in [0.29, 0.717) is 24.0 Å². The lowest BCUT2D eigenvalue weighted by atomic mass is 9.85. The van der Waals surface area contributed by atoms with Crippen LogP contribution in [0.2, 0.25) is 0 Å². The standard InChI is InChI=1S/C14H24OS/c1-11(2)8-14(16)10-13(15)9-12-6-4-3-5-7-12/h11-12H,3-10H2,1-2H3. The smallest absolute Gasteiger partial charge is 0.138 e. The first-order valence-electron chi connectivity index (χ1n) is 6.61. The van der Waals surface area contributed by atoms with Gasteiger partial charge < -0.3 is 0 Å². The molecule has 0 aromatic carbocycles. The highest BCUT2D eigenvalue weighted by atomic mass is 32.1. The molecule has 1 rings (SSSR count). The lowest BCUT2D eigenvalue weighted by Crippen LogP contribution is -2.15. The van der Waals surface area contributed by atoms with Gasteiger partial charge in [-0.15, -0.1) is 0 Å². The maximum absolute atomic E-state index is 11.8. The quantitative estimate of drug-likeness (QED) is 0.643. The zero-order valence-electron chi connectivity index (χ0n) is 10.6. The van der Waals surface area contributed by atoms with Crippen LogP contribution < -0.4 is 0 Å². The van der Waals surface area contributed by atoms with E-state index in [9.17, 15) is 4.79 Å². The molecule has 0 atom stereocenters. The number of rotatable bonds is 6. The van der Waals surface area contributed by atoms with Gasteiger partial charge in [0.15, 0.2) is 0 Å². The van der Waals surface area contributed by atoms with Gasteiger partial charge in [-0.05, 0) is 18.3 Å². The van der Waals surface area contributed by atoms with E-state index in [2.05, 4.69) is 13.8 Å². The molecule has 92 valence electrons. The Bertz CT molecular complexity index is 239. The summed E-state index contributed by atoms with van der Waals surface area (Å²) in [6.07, 6.45) is 8.73. The lowest BCUT2D eigenvalue weighted by Gasteiger charge is -2.20. The Morgan fingerprint density at radius 3 is 2.44 bits per heavy atom. The van der Waals surface area contributed by atoms with Gasteiger partial charge >= 0.3 is 0 Å². The summed E-state index contributed by atoms with van der Waals surface area (Å²) in [5, 5.41) is 0. The molecular weight excluding hydrogens is 216 g/mol. The summed E-state index contributed by atoms with van der Waals surface area (Å²) in [5.41, 5.74) is 0. The molecule has 16 heavy (non-hydrogen) atoms. The largest absolute Gasteiger partial charge is 0.299 e. The fourth-order valence-electron chi connectivity index (χ4n) is 2.53. The van der Waals surface area contributed by atoms with Crippen molar-refractivity contribution in [3.63, 3.8) is 0 Å². The van der Waals surface area contributed by atoms with Gasteiger partial charge in [-0.1, -0.05) is 58.2 Å². The number of ketones is 1. The Labute approximate surface area is 105 Å². The Kier molecular flexibility index (Phi) is 6.18. The van der Waals surface area contributed by atoms with Crippen molar-refractivity contribution in [2.75, 3.05) is 0 Å². The van der Waals surface area contributed by atoms with Crippen molar-refractivity contribution in [2.24, 2.45) is 11.8 Å². The molecule has 0 radical (unpaired) electrons. The summed E-state index contributed by atoms with van der Waals surface area (Å²) < 4.78 is 0. The first-order chi connectivity index (χ1) is 7.58. The van der Waals surface area contributed by atoms with Crippen LogP contribution in [0.25, 0.3) is 0 Å². The minimum absolute atomic E-state index is 0.373. The average molecular weight is 240 g/mol. The third-order valence-corrected chi connectivity index (χ3v) is 3.58. The van der Waals surface area contributed by atoms with E-state index >= 15 is 0 Å². The van der Waals surface area contributed by atoms with Gasteiger partial charge in [0.2, 0.25) is 0 Å². The van der Waals surface area contributed by atoms with Crippen molar-refractivity contribution in [1.29, 1.82) is 0 Å². The molecule has 0 aromatic rings. The summed E-state index contributed by atoms with van der Waals surface area (Å²) in [5.74, 6) is 1.61. The number of hydrogen-bond donors (Lipinski definition) is 0. The highest BCUT2D eigenvalue weighted by Gasteiger charge is 2.17. The number of carbonyl (C=O) groups is 1.